The molecule has 26 heavy (non-hydrogen) atoms. The molecule has 0 aliphatic carbocycles. The predicted octanol–water partition coefficient (Wildman–Crippen LogP) is 4.51. The number of nitrogens with one attached hydrogen (secondary N) is 1. The Morgan fingerprint density at radius 1 is 1.00 bits per heavy atom. The van der Waals surface area contributed by atoms with E-state index in [1.54, 1.807) is 36.4 Å². The van der Waals surface area contributed by atoms with E-state index in [4.69, 9.17) is 34.8 Å². The lowest BCUT2D eigenvalue weighted by molar-refractivity contribution is -0.116. The minimum Gasteiger partial charge on any atom is -0.323 e. The minimum atomic E-state index is -0.419. The molecule has 1 heterocycles. The highest BCUT2D eigenvalue weighted by molar-refractivity contribution is 6.35. The quantitative estimate of drug-likeness (QED) is 0.691. The average molecular weight is 409 g/mol. The summed E-state index contributed by atoms with van der Waals surface area (Å²) in [5.41, 5.74) is 1.29. The van der Waals surface area contributed by atoms with E-state index in [0.717, 1.165) is 5.56 Å². The van der Waals surface area contributed by atoms with E-state index in [1.807, 2.05) is 0 Å². The molecule has 3 aromatic rings. The third-order valence-electron chi connectivity index (χ3n) is 3.54. The molecule has 1 aromatic heterocycles. The highest BCUT2D eigenvalue weighted by atomic mass is 35.5. The molecule has 0 fully saturated rings. The van der Waals surface area contributed by atoms with Crippen LogP contribution in [0.15, 0.2) is 59.7 Å². The van der Waals surface area contributed by atoms with Crippen molar-refractivity contribution in [2.24, 2.45) is 0 Å². The van der Waals surface area contributed by atoms with Gasteiger partial charge < -0.3 is 5.32 Å². The van der Waals surface area contributed by atoms with Crippen molar-refractivity contribution in [2.75, 3.05) is 5.32 Å². The summed E-state index contributed by atoms with van der Waals surface area (Å²) in [5, 5.41) is 4.01. The first kappa shape index (κ1) is 18.5. The molecule has 1 amide bonds. The maximum atomic E-state index is 12.3. The Balaban J connectivity index is 1.75. The summed E-state index contributed by atoms with van der Waals surface area (Å²) in [6.45, 7) is -0.199. The lowest BCUT2D eigenvalue weighted by Gasteiger charge is -2.09. The Labute approximate surface area is 164 Å². The zero-order valence-corrected chi connectivity index (χ0v) is 15.5. The molecular formula is C18H12Cl3N3O2. The number of benzene rings is 2. The number of carbonyl (C=O) groups excluding carboxylic acids is 1. The van der Waals surface area contributed by atoms with Crippen LogP contribution in [0.4, 0.5) is 5.69 Å². The number of hydrogen-bond donors (Lipinski definition) is 1. The van der Waals surface area contributed by atoms with Crippen LogP contribution in [0.3, 0.4) is 0 Å². The molecule has 0 saturated heterocycles. The van der Waals surface area contributed by atoms with Gasteiger partial charge in [-0.05, 0) is 30.3 Å². The fourth-order valence-corrected chi connectivity index (χ4v) is 2.72. The number of anilines is 1. The van der Waals surface area contributed by atoms with E-state index >= 15 is 0 Å². The van der Waals surface area contributed by atoms with Crippen LogP contribution in [-0.2, 0) is 11.3 Å². The van der Waals surface area contributed by atoms with Crippen LogP contribution in [0.5, 0.6) is 0 Å². The first-order valence-electron chi connectivity index (χ1n) is 7.50. The third-order valence-corrected chi connectivity index (χ3v) is 4.35. The molecule has 3 rings (SSSR count). The van der Waals surface area contributed by atoms with Gasteiger partial charge in [-0.15, -0.1) is 0 Å². The van der Waals surface area contributed by atoms with E-state index < -0.39 is 5.91 Å². The zero-order valence-electron chi connectivity index (χ0n) is 13.2. The summed E-state index contributed by atoms with van der Waals surface area (Å²) < 4.78 is 1.20. The van der Waals surface area contributed by atoms with Gasteiger partial charge in [0.25, 0.3) is 5.56 Å². The predicted molar refractivity (Wildman–Crippen MR) is 104 cm³/mol. The first-order chi connectivity index (χ1) is 12.4. The van der Waals surface area contributed by atoms with Gasteiger partial charge in [-0.25, -0.2) is 4.98 Å². The topological polar surface area (TPSA) is 64.0 Å². The van der Waals surface area contributed by atoms with Crippen LogP contribution >= 0.6 is 34.8 Å². The number of carbonyl (C=O) groups is 1. The lowest BCUT2D eigenvalue weighted by atomic mass is 10.1. The Morgan fingerprint density at radius 3 is 2.38 bits per heavy atom. The second kappa shape index (κ2) is 7.91. The average Bonchev–Trinajstić information content (AvgIpc) is 2.60. The number of hydrogen-bond acceptors (Lipinski definition) is 3. The van der Waals surface area contributed by atoms with Crippen molar-refractivity contribution in [2.45, 2.75) is 6.54 Å². The largest absolute Gasteiger partial charge is 0.323 e. The van der Waals surface area contributed by atoms with Crippen molar-refractivity contribution in [1.29, 1.82) is 0 Å². The fraction of sp³-hybridized carbons (Fsp3) is 0.0556. The number of halogens is 3. The zero-order chi connectivity index (χ0) is 18.7. The number of aromatic nitrogens is 2. The third kappa shape index (κ3) is 4.43. The van der Waals surface area contributed by atoms with Gasteiger partial charge in [0.1, 0.15) is 6.54 Å². The summed E-state index contributed by atoms with van der Waals surface area (Å²) in [6, 6.07) is 13.1. The van der Waals surface area contributed by atoms with Crippen molar-refractivity contribution in [3.63, 3.8) is 0 Å². The highest BCUT2D eigenvalue weighted by Gasteiger charge is 2.10. The van der Waals surface area contributed by atoms with Crippen molar-refractivity contribution in [1.82, 2.24) is 9.55 Å². The fourth-order valence-electron chi connectivity index (χ4n) is 2.26. The van der Waals surface area contributed by atoms with Crippen LogP contribution in [-0.4, -0.2) is 15.5 Å². The van der Waals surface area contributed by atoms with E-state index in [-0.39, 0.29) is 12.1 Å². The molecule has 0 radical (unpaired) electrons. The van der Waals surface area contributed by atoms with Crippen LogP contribution < -0.4 is 10.9 Å². The molecule has 0 aliphatic heterocycles. The molecule has 0 spiro atoms. The summed E-state index contributed by atoms with van der Waals surface area (Å²) in [7, 11) is 0. The SMILES string of the molecule is O=C(Cn1cnc(-c2ccc(Cl)cc2)cc1=O)Nc1cc(Cl)ccc1Cl. The van der Waals surface area contributed by atoms with Gasteiger partial charge in [-0.1, -0.05) is 46.9 Å². The van der Waals surface area contributed by atoms with Crippen molar-refractivity contribution in [3.05, 3.63) is 80.3 Å². The number of rotatable bonds is 4. The van der Waals surface area contributed by atoms with Crippen LogP contribution in [0, 0.1) is 0 Å². The van der Waals surface area contributed by atoms with Crippen molar-refractivity contribution >= 4 is 46.4 Å². The highest BCUT2D eigenvalue weighted by Crippen LogP contribution is 2.25. The Hall–Kier alpha value is -2.34. The molecular weight excluding hydrogens is 397 g/mol. The molecule has 0 saturated carbocycles. The number of nitrogens with zero attached hydrogens (tertiary/aromatic N) is 2. The maximum Gasteiger partial charge on any atom is 0.254 e. The smallest absolute Gasteiger partial charge is 0.254 e. The van der Waals surface area contributed by atoms with Crippen molar-refractivity contribution in [3.8, 4) is 11.3 Å². The van der Waals surface area contributed by atoms with Gasteiger partial charge in [0.2, 0.25) is 5.91 Å². The summed E-state index contributed by atoms with van der Waals surface area (Å²) >= 11 is 17.8. The van der Waals surface area contributed by atoms with Gasteiger partial charge in [0.15, 0.2) is 0 Å². The van der Waals surface area contributed by atoms with Gasteiger partial charge in [-0.3, -0.25) is 14.2 Å². The van der Waals surface area contributed by atoms with Crippen molar-refractivity contribution < 1.29 is 4.79 Å². The Morgan fingerprint density at radius 2 is 1.69 bits per heavy atom. The Bertz CT molecular complexity index is 1020. The second-order valence-electron chi connectivity index (χ2n) is 5.42. The molecule has 2 aromatic carbocycles. The molecule has 0 bridgehead atoms. The van der Waals surface area contributed by atoms with Gasteiger partial charge >= 0.3 is 0 Å². The van der Waals surface area contributed by atoms with Crippen LogP contribution in [0.25, 0.3) is 11.3 Å². The van der Waals surface area contributed by atoms with E-state index in [0.29, 0.717) is 26.4 Å². The molecule has 5 nitrogen and oxygen atoms in total. The van der Waals surface area contributed by atoms with Crippen LogP contribution in [0.1, 0.15) is 0 Å². The molecule has 1 N–H and O–H groups in total. The van der Waals surface area contributed by atoms with Crippen LogP contribution in [0.2, 0.25) is 15.1 Å². The van der Waals surface area contributed by atoms with E-state index in [2.05, 4.69) is 10.3 Å². The van der Waals surface area contributed by atoms with E-state index in [1.165, 1.54) is 23.0 Å². The molecule has 132 valence electrons. The van der Waals surface area contributed by atoms with Gasteiger partial charge in [0, 0.05) is 21.7 Å². The first-order valence-corrected chi connectivity index (χ1v) is 8.63. The summed E-state index contributed by atoms with van der Waals surface area (Å²) in [4.78, 5) is 28.7. The summed E-state index contributed by atoms with van der Waals surface area (Å²) in [5.74, 6) is -0.419. The molecule has 0 unspecified atom stereocenters. The lowest BCUT2D eigenvalue weighted by Crippen LogP contribution is -2.27. The molecule has 0 aliphatic rings. The van der Waals surface area contributed by atoms with Gasteiger partial charge in [-0.2, -0.15) is 0 Å². The minimum absolute atomic E-state index is 0.199. The monoisotopic (exact) mass is 407 g/mol. The van der Waals surface area contributed by atoms with Gasteiger partial charge in [0.05, 0.1) is 22.7 Å². The summed E-state index contributed by atoms with van der Waals surface area (Å²) in [6.07, 6.45) is 1.32. The normalized spacial score (nSPS) is 10.6. The molecule has 0 atom stereocenters. The standard InChI is InChI=1S/C18H12Cl3N3O2/c19-12-3-1-11(2-4-12)15-8-18(26)24(10-22-15)9-17(25)23-16-7-13(20)5-6-14(16)21/h1-8,10H,9H2,(H,23,25). The van der Waals surface area contributed by atoms with E-state index in [9.17, 15) is 9.59 Å². The maximum absolute atomic E-state index is 12.3. The second-order valence-corrected chi connectivity index (χ2v) is 6.70. The Kier molecular flexibility index (Phi) is 5.61. The number of amides is 1. The molecule has 8 heteroatoms.